The Kier molecular flexibility index (Phi) is 17.9. The summed E-state index contributed by atoms with van der Waals surface area (Å²) in [5.74, 6) is 3.90. The molecule has 0 N–H and O–H groups in total. The molecule has 0 unspecified atom stereocenters. The molecule has 0 aliphatic carbocycles. The van der Waals surface area contributed by atoms with Crippen LogP contribution < -0.4 is 0 Å². The summed E-state index contributed by atoms with van der Waals surface area (Å²) in [6.07, 6.45) is 0. The average Bonchev–Trinajstić information content (AvgIpc) is 3.88. The van der Waals surface area contributed by atoms with E-state index in [0.717, 1.165) is 34.2 Å². The molecule has 2 nitrogen and oxygen atoms in total. The summed E-state index contributed by atoms with van der Waals surface area (Å²) in [6, 6.07) is 31.6. The fourth-order valence-corrected chi connectivity index (χ4v) is 7.90. The Balaban J connectivity index is 0.000000360. The van der Waals surface area contributed by atoms with Crippen molar-refractivity contribution in [3.05, 3.63) is 167 Å². The molecule has 0 spiro atoms. The van der Waals surface area contributed by atoms with Gasteiger partial charge in [0.1, 0.15) is 0 Å². The zero-order valence-electron chi connectivity index (χ0n) is 36.7. The molecule has 2 radical (unpaired) electrons. The van der Waals surface area contributed by atoms with Gasteiger partial charge in [-0.1, -0.05) is 92.0 Å². The first-order valence-electron chi connectivity index (χ1n) is 18.6. The number of hydrogen-bond acceptors (Lipinski definition) is 2. The van der Waals surface area contributed by atoms with Gasteiger partial charge in [0.2, 0.25) is 0 Å². The molecule has 6 aromatic carbocycles. The summed E-state index contributed by atoms with van der Waals surface area (Å²) < 4.78 is 11.9. The van der Waals surface area contributed by atoms with Gasteiger partial charge >= 0.3 is 30.2 Å². The third-order valence-corrected chi connectivity index (χ3v) is 11.0. The minimum atomic E-state index is 0. The molecule has 8 rings (SSSR count). The second-order valence-corrected chi connectivity index (χ2v) is 15.3. The van der Waals surface area contributed by atoms with Crippen molar-refractivity contribution >= 4 is 53.2 Å². The van der Waals surface area contributed by atoms with Gasteiger partial charge in [-0.05, 0) is 129 Å². The van der Waals surface area contributed by atoms with Gasteiger partial charge in [-0.2, -0.15) is 0 Å². The summed E-state index contributed by atoms with van der Waals surface area (Å²) in [6.45, 7) is 28.9. The van der Waals surface area contributed by atoms with E-state index in [1.165, 1.54) is 123 Å². The first-order valence-corrected chi connectivity index (χ1v) is 22.8. The molecule has 58 heavy (non-hydrogen) atoms. The van der Waals surface area contributed by atoms with Gasteiger partial charge in [0.05, 0.1) is 23.0 Å². The van der Waals surface area contributed by atoms with Crippen LogP contribution in [0.15, 0.2) is 93.8 Å². The third-order valence-electron chi connectivity index (χ3n) is 11.0. The Morgan fingerprint density at radius 3 is 1.00 bits per heavy atom. The van der Waals surface area contributed by atoms with Crippen molar-refractivity contribution in [2.45, 2.75) is 83.1 Å². The van der Waals surface area contributed by atoms with E-state index >= 15 is 0 Å². The Bertz CT molecular complexity index is 2420. The maximum absolute atomic E-state index is 5.97. The average molecular weight is 905 g/mol. The summed E-state index contributed by atoms with van der Waals surface area (Å²) in [5, 5.41) is 5.17. The van der Waals surface area contributed by atoms with E-state index in [4.69, 9.17) is 8.83 Å². The van der Waals surface area contributed by atoms with Crippen molar-refractivity contribution in [1.29, 1.82) is 0 Å². The zero-order valence-corrected chi connectivity index (χ0v) is 41.8. The van der Waals surface area contributed by atoms with Gasteiger partial charge in [0, 0.05) is 0 Å². The number of hydrogen-bond donors (Lipinski definition) is 0. The SMILES string of the molecule is Cc1cc(C)cc(-c2c(C)c(C)cc3[cH-]c(-c4cc(C)c(C)o4)cc23)c1.Cc1cc(C)cc(-c2c(C)c(C)cc3[cH-]c(-c4cc(C)c(C)o4)cc23)c1.Cl.Cl.[CH3-].[CH3-].[Si]=[Zr]. The third kappa shape index (κ3) is 10.2. The summed E-state index contributed by atoms with van der Waals surface area (Å²) in [5.41, 5.74) is 20.6. The molecule has 0 fully saturated rings. The van der Waals surface area contributed by atoms with E-state index < -0.39 is 0 Å². The van der Waals surface area contributed by atoms with Gasteiger partial charge in [0.15, 0.2) is 0 Å². The van der Waals surface area contributed by atoms with Gasteiger partial charge in [-0.15, -0.1) is 82.8 Å². The minimum absolute atomic E-state index is 0. The molecule has 0 aliphatic rings. The van der Waals surface area contributed by atoms with E-state index in [1.807, 2.05) is 13.8 Å². The fourth-order valence-electron chi connectivity index (χ4n) is 7.90. The predicted molar refractivity (Wildman–Crippen MR) is 255 cm³/mol. The van der Waals surface area contributed by atoms with E-state index in [0.29, 0.717) is 0 Å². The van der Waals surface area contributed by atoms with E-state index in [9.17, 15) is 0 Å². The summed E-state index contributed by atoms with van der Waals surface area (Å²) in [4.78, 5) is 0. The zero-order chi connectivity index (χ0) is 39.2. The second kappa shape index (κ2) is 20.5. The molecule has 0 amide bonds. The van der Waals surface area contributed by atoms with Crippen molar-refractivity contribution in [3.63, 3.8) is 0 Å². The Morgan fingerprint density at radius 2 is 0.724 bits per heavy atom. The first kappa shape index (κ1) is 50.5. The van der Waals surface area contributed by atoms with E-state index in [-0.39, 0.29) is 39.7 Å². The van der Waals surface area contributed by atoms with Gasteiger partial charge < -0.3 is 23.7 Å². The standard InChI is InChI=1S/2C25H25O.2CH3.2ClH.Si.Zr/c2*1-14-7-15(2)9-22(8-14)25-18(5)16(3)10-20-12-21(13-23(20)25)24-11-17(4)19(6)26-24;;;;;;/h2*7-13H,1-6H3;2*1H3;2*1H;;/q4*-1;;;;. The van der Waals surface area contributed by atoms with Crippen LogP contribution in [0, 0.1) is 97.9 Å². The van der Waals surface area contributed by atoms with E-state index in [2.05, 4.69) is 161 Å². The molecular weight excluding hydrogens is 847 g/mol. The van der Waals surface area contributed by atoms with Crippen molar-refractivity contribution in [2.24, 2.45) is 0 Å². The molecular formula is C52H58Cl2O2SiZr-4. The number of furan rings is 2. The number of benzene rings is 4. The Labute approximate surface area is 377 Å². The van der Waals surface area contributed by atoms with Crippen LogP contribution in [0.4, 0.5) is 0 Å². The number of fused-ring (bicyclic) bond motifs is 2. The number of rotatable bonds is 4. The fraction of sp³-hybridized carbons (Fsp3) is 0.231. The van der Waals surface area contributed by atoms with Crippen LogP contribution in [-0.2, 0) is 23.3 Å². The van der Waals surface area contributed by atoms with Crippen LogP contribution in [0.2, 0.25) is 0 Å². The maximum atomic E-state index is 5.97. The quantitative estimate of drug-likeness (QED) is 0.130. The van der Waals surface area contributed by atoms with Crippen LogP contribution in [0.1, 0.15) is 67.2 Å². The van der Waals surface area contributed by atoms with Crippen LogP contribution in [0.25, 0.3) is 66.4 Å². The summed E-state index contributed by atoms with van der Waals surface area (Å²) in [7, 11) is 0. The van der Waals surface area contributed by atoms with Crippen LogP contribution >= 0.6 is 24.8 Å². The molecule has 0 bridgehead atoms. The molecule has 6 heteroatoms. The molecule has 2 aromatic heterocycles. The van der Waals surface area contributed by atoms with Crippen LogP contribution in [-0.4, -0.2) is 6.88 Å². The van der Waals surface area contributed by atoms with Crippen LogP contribution in [0.3, 0.4) is 0 Å². The molecule has 0 atom stereocenters. The first-order chi connectivity index (χ1) is 25.7. The van der Waals surface area contributed by atoms with Crippen molar-refractivity contribution in [3.8, 4) is 44.9 Å². The van der Waals surface area contributed by atoms with Gasteiger partial charge in [-0.3, -0.25) is 0 Å². The molecule has 8 aromatic rings. The normalized spacial score (nSPS) is 10.3. The second-order valence-electron chi connectivity index (χ2n) is 15.3. The van der Waals surface area contributed by atoms with Gasteiger partial charge in [0.25, 0.3) is 0 Å². The molecule has 304 valence electrons. The van der Waals surface area contributed by atoms with Crippen molar-refractivity contribution in [2.75, 3.05) is 0 Å². The van der Waals surface area contributed by atoms with E-state index in [1.54, 1.807) is 0 Å². The number of halogens is 2. The number of aryl methyl sites for hydroxylation is 10. The molecule has 0 saturated carbocycles. The monoisotopic (exact) mass is 902 g/mol. The Hall–Kier alpha value is -3.66. The topological polar surface area (TPSA) is 26.3 Å². The Morgan fingerprint density at radius 1 is 0.414 bits per heavy atom. The molecule has 0 aliphatic heterocycles. The predicted octanol–water partition coefficient (Wildman–Crippen LogP) is 16.0. The van der Waals surface area contributed by atoms with Crippen molar-refractivity contribution in [1.82, 2.24) is 0 Å². The molecule has 0 saturated heterocycles. The molecule has 2 heterocycles. The van der Waals surface area contributed by atoms with Crippen molar-refractivity contribution < 1.29 is 32.2 Å². The van der Waals surface area contributed by atoms with Gasteiger partial charge in [-0.25, -0.2) is 0 Å². The van der Waals surface area contributed by atoms with Crippen LogP contribution in [0.5, 0.6) is 0 Å². The summed E-state index contributed by atoms with van der Waals surface area (Å²) >= 11 is 1.36.